The van der Waals surface area contributed by atoms with Gasteiger partial charge in [0.1, 0.15) is 5.01 Å². The summed E-state index contributed by atoms with van der Waals surface area (Å²) in [5.41, 5.74) is 0.954. The van der Waals surface area contributed by atoms with Crippen LogP contribution in [-0.4, -0.2) is 22.0 Å². The van der Waals surface area contributed by atoms with Crippen LogP contribution in [0.2, 0.25) is 0 Å². The topological polar surface area (TPSA) is 84.0 Å². The van der Waals surface area contributed by atoms with Crippen LogP contribution in [0.25, 0.3) is 10.6 Å². The number of hydrogen-bond acceptors (Lipinski definition) is 6. The first-order valence-corrected chi connectivity index (χ1v) is 9.30. The molecule has 3 rings (SSSR count). The van der Waals surface area contributed by atoms with E-state index in [1.165, 1.54) is 29.6 Å². The number of thiophene rings is 1. The van der Waals surface area contributed by atoms with E-state index in [-0.39, 0.29) is 24.3 Å². The highest BCUT2D eigenvalue weighted by atomic mass is 32.1. The molecule has 1 atom stereocenters. The Morgan fingerprint density at radius 3 is 2.60 bits per heavy atom. The molecular formula is C17H16N4O2S2. The van der Waals surface area contributed by atoms with Crippen molar-refractivity contribution in [2.24, 2.45) is 0 Å². The van der Waals surface area contributed by atoms with Gasteiger partial charge in [-0.25, -0.2) is 0 Å². The van der Waals surface area contributed by atoms with Crippen molar-refractivity contribution in [3.63, 3.8) is 0 Å². The normalized spacial score (nSPS) is 11.7. The Bertz CT molecular complexity index is 847. The summed E-state index contributed by atoms with van der Waals surface area (Å²) in [5.74, 6) is -0.392. The molecule has 6 nitrogen and oxygen atoms in total. The van der Waals surface area contributed by atoms with Crippen molar-refractivity contribution in [1.29, 1.82) is 0 Å². The van der Waals surface area contributed by atoms with Crippen LogP contribution in [0.4, 0.5) is 5.13 Å². The lowest BCUT2D eigenvalue weighted by Gasteiger charge is -2.15. The minimum absolute atomic E-state index is 0.139. The third-order valence-corrected chi connectivity index (χ3v) is 5.22. The number of nitrogens with one attached hydrogen (secondary N) is 2. The minimum atomic E-state index is -0.348. The third-order valence-electron chi connectivity index (χ3n) is 3.35. The van der Waals surface area contributed by atoms with Crippen LogP contribution in [0, 0.1) is 0 Å². The molecule has 0 fully saturated rings. The Labute approximate surface area is 152 Å². The van der Waals surface area contributed by atoms with Crippen LogP contribution < -0.4 is 10.6 Å². The van der Waals surface area contributed by atoms with Crippen molar-refractivity contribution in [3.8, 4) is 10.6 Å². The van der Waals surface area contributed by atoms with Gasteiger partial charge in [-0.3, -0.25) is 9.59 Å². The summed E-state index contributed by atoms with van der Waals surface area (Å²) >= 11 is 2.82. The van der Waals surface area contributed by atoms with Crippen molar-refractivity contribution in [2.45, 2.75) is 19.4 Å². The number of carbonyl (C=O) groups is 2. The number of amides is 2. The van der Waals surface area contributed by atoms with Gasteiger partial charge in [-0.15, -0.1) is 21.5 Å². The van der Waals surface area contributed by atoms with E-state index in [0.717, 1.165) is 15.4 Å². The van der Waals surface area contributed by atoms with Gasteiger partial charge in [-0.1, -0.05) is 47.7 Å². The maximum absolute atomic E-state index is 12.3. The highest BCUT2D eigenvalue weighted by Gasteiger charge is 2.19. The molecule has 8 heteroatoms. The Kier molecular flexibility index (Phi) is 5.52. The molecule has 0 aliphatic carbocycles. The number of benzene rings is 1. The van der Waals surface area contributed by atoms with Gasteiger partial charge in [-0.2, -0.15) is 0 Å². The molecule has 0 saturated heterocycles. The molecule has 2 amide bonds. The maximum atomic E-state index is 12.3. The highest BCUT2D eigenvalue weighted by molar-refractivity contribution is 7.18. The summed E-state index contributed by atoms with van der Waals surface area (Å²) in [5, 5.41) is 16.8. The summed E-state index contributed by atoms with van der Waals surface area (Å²) in [7, 11) is 0. The van der Waals surface area contributed by atoms with E-state index in [9.17, 15) is 9.59 Å². The predicted molar refractivity (Wildman–Crippen MR) is 99.5 cm³/mol. The van der Waals surface area contributed by atoms with Gasteiger partial charge in [0, 0.05) is 17.4 Å². The second-order valence-electron chi connectivity index (χ2n) is 5.30. The number of carbonyl (C=O) groups excluding carboxylic acids is 2. The molecule has 128 valence electrons. The molecule has 0 bridgehead atoms. The molecule has 0 spiro atoms. The lowest BCUT2D eigenvalue weighted by atomic mass is 10.1. The van der Waals surface area contributed by atoms with Gasteiger partial charge in [0.25, 0.3) is 0 Å². The molecule has 3 aromatic rings. The Hall–Kier alpha value is -2.58. The zero-order valence-electron chi connectivity index (χ0n) is 13.4. The molecule has 0 aliphatic rings. The van der Waals surface area contributed by atoms with E-state index in [2.05, 4.69) is 20.8 Å². The number of aromatic nitrogens is 2. The molecular weight excluding hydrogens is 356 g/mol. The van der Waals surface area contributed by atoms with Gasteiger partial charge in [-0.05, 0) is 11.4 Å². The summed E-state index contributed by atoms with van der Waals surface area (Å²) in [6.45, 7) is 1.44. The average molecular weight is 372 g/mol. The first-order chi connectivity index (χ1) is 12.1. The smallest absolute Gasteiger partial charge is 0.228 e. The van der Waals surface area contributed by atoms with E-state index in [0.29, 0.717) is 5.13 Å². The number of anilines is 1. The fourth-order valence-electron chi connectivity index (χ4n) is 2.28. The largest absolute Gasteiger partial charge is 0.348 e. The molecule has 0 aliphatic heterocycles. The van der Waals surface area contributed by atoms with E-state index in [1.807, 2.05) is 47.8 Å². The minimum Gasteiger partial charge on any atom is -0.348 e. The second-order valence-corrected chi connectivity index (χ2v) is 7.26. The van der Waals surface area contributed by atoms with E-state index in [4.69, 9.17) is 0 Å². The number of nitrogens with zero attached hydrogens (tertiary/aromatic N) is 2. The van der Waals surface area contributed by atoms with Crippen molar-refractivity contribution in [1.82, 2.24) is 15.5 Å². The molecule has 2 heterocycles. The Morgan fingerprint density at radius 2 is 1.92 bits per heavy atom. The van der Waals surface area contributed by atoms with Gasteiger partial charge in [0.15, 0.2) is 0 Å². The molecule has 2 aromatic heterocycles. The zero-order chi connectivity index (χ0) is 17.6. The van der Waals surface area contributed by atoms with Crippen LogP contribution in [0.1, 0.15) is 24.3 Å². The first kappa shape index (κ1) is 17.2. The molecule has 25 heavy (non-hydrogen) atoms. The quantitative estimate of drug-likeness (QED) is 0.694. The monoisotopic (exact) mass is 372 g/mol. The third kappa shape index (κ3) is 4.71. The molecule has 0 unspecified atom stereocenters. The summed E-state index contributed by atoms with van der Waals surface area (Å²) < 4.78 is 0. The van der Waals surface area contributed by atoms with Gasteiger partial charge in [0.05, 0.1) is 12.5 Å². The van der Waals surface area contributed by atoms with Crippen LogP contribution in [0.3, 0.4) is 0 Å². The van der Waals surface area contributed by atoms with Gasteiger partial charge in [0.2, 0.25) is 16.9 Å². The standard InChI is InChI=1S/C17H16N4O2S2/c1-11(22)18-13(14-8-5-9-24-14)10-15(23)19-17-21-20-16(25-17)12-6-3-2-4-7-12/h2-9,13H,10H2,1H3,(H,18,22)(H,19,21,23)/t13-/m1/s1. The molecule has 1 aromatic carbocycles. The first-order valence-electron chi connectivity index (χ1n) is 7.61. The second kappa shape index (κ2) is 8.00. The van der Waals surface area contributed by atoms with E-state index >= 15 is 0 Å². The highest BCUT2D eigenvalue weighted by Crippen LogP contribution is 2.27. The predicted octanol–water partition coefficient (Wildman–Crippen LogP) is 3.47. The van der Waals surface area contributed by atoms with Crippen molar-refractivity contribution >= 4 is 39.6 Å². The zero-order valence-corrected chi connectivity index (χ0v) is 15.1. The van der Waals surface area contributed by atoms with Crippen LogP contribution in [-0.2, 0) is 9.59 Å². The summed E-state index contributed by atoms with van der Waals surface area (Å²) in [6.07, 6.45) is 0.139. The van der Waals surface area contributed by atoms with Crippen LogP contribution in [0.15, 0.2) is 47.8 Å². The molecule has 0 radical (unpaired) electrons. The van der Waals surface area contributed by atoms with Crippen molar-refractivity contribution in [3.05, 3.63) is 52.7 Å². The van der Waals surface area contributed by atoms with E-state index < -0.39 is 0 Å². The number of hydrogen-bond donors (Lipinski definition) is 2. The summed E-state index contributed by atoms with van der Waals surface area (Å²) in [4.78, 5) is 24.7. The Morgan fingerprint density at radius 1 is 1.12 bits per heavy atom. The van der Waals surface area contributed by atoms with Crippen molar-refractivity contribution < 1.29 is 9.59 Å². The van der Waals surface area contributed by atoms with Gasteiger partial charge < -0.3 is 10.6 Å². The number of rotatable bonds is 6. The lowest BCUT2D eigenvalue weighted by molar-refractivity contribution is -0.120. The van der Waals surface area contributed by atoms with Crippen LogP contribution in [0.5, 0.6) is 0 Å². The van der Waals surface area contributed by atoms with Crippen molar-refractivity contribution in [2.75, 3.05) is 5.32 Å². The van der Waals surface area contributed by atoms with Crippen LogP contribution >= 0.6 is 22.7 Å². The fraction of sp³-hybridized carbons (Fsp3) is 0.176. The summed E-state index contributed by atoms with van der Waals surface area (Å²) in [6, 6.07) is 13.1. The molecule has 0 saturated carbocycles. The Balaban J connectivity index is 1.65. The average Bonchev–Trinajstić information content (AvgIpc) is 3.26. The maximum Gasteiger partial charge on any atom is 0.228 e. The SMILES string of the molecule is CC(=O)N[C@H](CC(=O)Nc1nnc(-c2ccccc2)s1)c1cccs1. The van der Waals surface area contributed by atoms with E-state index in [1.54, 1.807) is 0 Å². The fourth-order valence-corrected chi connectivity index (χ4v) is 3.83. The lowest BCUT2D eigenvalue weighted by Crippen LogP contribution is -2.29. The molecule has 2 N–H and O–H groups in total. The van der Waals surface area contributed by atoms with Gasteiger partial charge >= 0.3 is 0 Å².